The van der Waals surface area contributed by atoms with Gasteiger partial charge in [0.05, 0.1) is 5.92 Å². The minimum absolute atomic E-state index is 0.100. The van der Waals surface area contributed by atoms with Crippen LogP contribution in [0.2, 0.25) is 0 Å². The van der Waals surface area contributed by atoms with Gasteiger partial charge < -0.3 is 14.9 Å². The molecule has 2 fully saturated rings. The SMILES string of the molecule is O=C(O)[C@@H]1CC(=O)N(c2ccc(N3CCCCC3)cc2)C1. The number of rotatable bonds is 3. The molecular formula is C16H20N2O3. The summed E-state index contributed by atoms with van der Waals surface area (Å²) in [5.41, 5.74) is 1.98. The molecule has 1 N–H and O–H groups in total. The smallest absolute Gasteiger partial charge is 0.308 e. The fourth-order valence-electron chi connectivity index (χ4n) is 3.12. The average molecular weight is 288 g/mol. The van der Waals surface area contributed by atoms with Crippen LogP contribution in [0.3, 0.4) is 0 Å². The number of piperidine rings is 1. The third-order valence-corrected chi connectivity index (χ3v) is 4.36. The molecule has 0 radical (unpaired) electrons. The van der Waals surface area contributed by atoms with Gasteiger partial charge in [-0.15, -0.1) is 0 Å². The molecule has 0 bridgehead atoms. The highest BCUT2D eigenvalue weighted by Gasteiger charge is 2.34. The number of benzene rings is 1. The Morgan fingerprint density at radius 3 is 2.24 bits per heavy atom. The van der Waals surface area contributed by atoms with Crippen LogP contribution in [0.4, 0.5) is 11.4 Å². The highest BCUT2D eigenvalue weighted by atomic mass is 16.4. The Labute approximate surface area is 124 Å². The number of carboxylic acid groups (broad SMARTS) is 1. The van der Waals surface area contributed by atoms with Crippen molar-refractivity contribution in [2.24, 2.45) is 5.92 Å². The summed E-state index contributed by atoms with van der Waals surface area (Å²) in [4.78, 5) is 26.9. The highest BCUT2D eigenvalue weighted by molar-refractivity contribution is 5.99. The second-order valence-electron chi connectivity index (χ2n) is 5.81. The monoisotopic (exact) mass is 288 g/mol. The zero-order chi connectivity index (χ0) is 14.8. The van der Waals surface area contributed by atoms with Crippen LogP contribution in [0.5, 0.6) is 0 Å². The second kappa shape index (κ2) is 5.76. The van der Waals surface area contributed by atoms with Crippen LogP contribution >= 0.6 is 0 Å². The lowest BCUT2D eigenvalue weighted by molar-refractivity contribution is -0.141. The van der Waals surface area contributed by atoms with Crippen molar-refractivity contribution in [2.75, 3.05) is 29.4 Å². The van der Waals surface area contributed by atoms with E-state index >= 15 is 0 Å². The number of hydrogen-bond acceptors (Lipinski definition) is 3. The van der Waals surface area contributed by atoms with Gasteiger partial charge in [-0.3, -0.25) is 9.59 Å². The van der Waals surface area contributed by atoms with Crippen LogP contribution in [0.15, 0.2) is 24.3 Å². The first-order valence-corrected chi connectivity index (χ1v) is 7.53. The van der Waals surface area contributed by atoms with Crippen molar-refractivity contribution in [3.63, 3.8) is 0 Å². The topological polar surface area (TPSA) is 60.9 Å². The number of anilines is 2. The largest absolute Gasteiger partial charge is 0.481 e. The fraction of sp³-hybridized carbons (Fsp3) is 0.500. The van der Waals surface area contributed by atoms with E-state index in [1.54, 1.807) is 4.90 Å². The molecule has 0 saturated carbocycles. The van der Waals surface area contributed by atoms with Gasteiger partial charge in [0.2, 0.25) is 5.91 Å². The van der Waals surface area contributed by atoms with E-state index in [0.29, 0.717) is 0 Å². The maximum Gasteiger partial charge on any atom is 0.308 e. The van der Waals surface area contributed by atoms with Gasteiger partial charge in [-0.2, -0.15) is 0 Å². The van der Waals surface area contributed by atoms with E-state index in [4.69, 9.17) is 5.11 Å². The van der Waals surface area contributed by atoms with Crippen LogP contribution in [0.1, 0.15) is 25.7 Å². The summed E-state index contributed by atoms with van der Waals surface area (Å²) in [5.74, 6) is -1.58. The summed E-state index contributed by atoms with van der Waals surface area (Å²) in [7, 11) is 0. The zero-order valence-electron chi connectivity index (χ0n) is 12.0. The normalized spacial score (nSPS) is 22.7. The van der Waals surface area contributed by atoms with Crippen LogP contribution < -0.4 is 9.80 Å². The number of amides is 1. The number of nitrogens with zero attached hydrogens (tertiary/aromatic N) is 2. The summed E-state index contributed by atoms with van der Waals surface area (Å²) >= 11 is 0. The molecule has 2 heterocycles. The van der Waals surface area contributed by atoms with Gasteiger partial charge in [0.1, 0.15) is 0 Å². The third-order valence-electron chi connectivity index (χ3n) is 4.36. The molecule has 0 spiro atoms. The fourth-order valence-corrected chi connectivity index (χ4v) is 3.12. The zero-order valence-corrected chi connectivity index (χ0v) is 12.0. The van der Waals surface area contributed by atoms with Crippen molar-refractivity contribution < 1.29 is 14.7 Å². The Bertz CT molecular complexity index is 535. The summed E-state index contributed by atoms with van der Waals surface area (Å²) in [6.07, 6.45) is 3.86. The first kappa shape index (κ1) is 13.9. The molecule has 112 valence electrons. The minimum atomic E-state index is -0.893. The molecular weight excluding hydrogens is 268 g/mol. The van der Waals surface area contributed by atoms with Crippen LogP contribution in [0, 0.1) is 5.92 Å². The molecule has 2 saturated heterocycles. The van der Waals surface area contributed by atoms with E-state index < -0.39 is 11.9 Å². The van der Waals surface area contributed by atoms with Crippen molar-refractivity contribution in [3.8, 4) is 0 Å². The molecule has 1 aromatic rings. The van der Waals surface area contributed by atoms with E-state index in [0.717, 1.165) is 18.8 Å². The maximum atomic E-state index is 11.9. The molecule has 0 aromatic heterocycles. The molecule has 2 aliphatic heterocycles. The van der Waals surface area contributed by atoms with E-state index in [1.165, 1.54) is 24.9 Å². The predicted molar refractivity (Wildman–Crippen MR) is 80.6 cm³/mol. The van der Waals surface area contributed by atoms with E-state index in [2.05, 4.69) is 4.90 Å². The molecule has 1 atom stereocenters. The van der Waals surface area contributed by atoms with Gasteiger partial charge in [-0.05, 0) is 43.5 Å². The lowest BCUT2D eigenvalue weighted by atomic mass is 10.1. The Kier molecular flexibility index (Phi) is 3.82. The first-order chi connectivity index (χ1) is 10.1. The summed E-state index contributed by atoms with van der Waals surface area (Å²) in [6, 6.07) is 7.90. The molecule has 2 aliphatic rings. The number of aliphatic carboxylic acids is 1. The molecule has 1 aromatic carbocycles. The number of carbonyl (C=O) groups excluding carboxylic acids is 1. The third kappa shape index (κ3) is 2.86. The molecule has 5 nitrogen and oxygen atoms in total. The number of carbonyl (C=O) groups is 2. The molecule has 1 amide bonds. The van der Waals surface area contributed by atoms with E-state index in [9.17, 15) is 9.59 Å². The van der Waals surface area contributed by atoms with E-state index in [1.807, 2.05) is 24.3 Å². The predicted octanol–water partition coefficient (Wildman–Crippen LogP) is 2.11. The maximum absolute atomic E-state index is 11.9. The van der Waals surface area contributed by atoms with Crippen LogP contribution in [-0.2, 0) is 9.59 Å². The van der Waals surface area contributed by atoms with Crippen molar-refractivity contribution in [3.05, 3.63) is 24.3 Å². The molecule has 0 unspecified atom stereocenters. The molecule has 5 heteroatoms. The highest BCUT2D eigenvalue weighted by Crippen LogP contribution is 2.28. The van der Waals surface area contributed by atoms with Crippen molar-refractivity contribution >= 4 is 23.3 Å². The Morgan fingerprint density at radius 1 is 1.05 bits per heavy atom. The average Bonchev–Trinajstić information content (AvgIpc) is 2.91. The summed E-state index contributed by atoms with van der Waals surface area (Å²) < 4.78 is 0. The quantitative estimate of drug-likeness (QED) is 0.925. The number of carboxylic acids is 1. The number of hydrogen-bond donors (Lipinski definition) is 1. The van der Waals surface area contributed by atoms with Crippen molar-refractivity contribution in [1.82, 2.24) is 0 Å². The first-order valence-electron chi connectivity index (χ1n) is 7.53. The molecule has 0 aliphatic carbocycles. The summed E-state index contributed by atoms with van der Waals surface area (Å²) in [5, 5.41) is 9.02. The molecule has 21 heavy (non-hydrogen) atoms. The van der Waals surface area contributed by atoms with Gasteiger partial charge in [0, 0.05) is 37.4 Å². The van der Waals surface area contributed by atoms with Crippen LogP contribution in [0.25, 0.3) is 0 Å². The standard InChI is InChI=1S/C16H20N2O3/c19-15-10-12(16(20)21)11-18(15)14-6-4-13(5-7-14)17-8-2-1-3-9-17/h4-7,12H,1-3,8-11H2,(H,20,21)/t12-/m1/s1. The lowest BCUT2D eigenvalue weighted by Crippen LogP contribution is -2.29. The van der Waals surface area contributed by atoms with Gasteiger partial charge in [0.15, 0.2) is 0 Å². The Balaban J connectivity index is 1.72. The Hall–Kier alpha value is -2.04. The molecule has 3 rings (SSSR count). The second-order valence-corrected chi connectivity index (χ2v) is 5.81. The lowest BCUT2D eigenvalue weighted by Gasteiger charge is -2.29. The summed E-state index contributed by atoms with van der Waals surface area (Å²) in [6.45, 7) is 2.45. The van der Waals surface area contributed by atoms with E-state index in [-0.39, 0.29) is 18.9 Å². The van der Waals surface area contributed by atoms with Crippen molar-refractivity contribution in [2.45, 2.75) is 25.7 Å². The van der Waals surface area contributed by atoms with Crippen LogP contribution in [-0.4, -0.2) is 36.6 Å². The van der Waals surface area contributed by atoms with Gasteiger partial charge in [-0.25, -0.2) is 0 Å². The van der Waals surface area contributed by atoms with Gasteiger partial charge >= 0.3 is 5.97 Å². The van der Waals surface area contributed by atoms with Gasteiger partial charge in [-0.1, -0.05) is 0 Å². The Morgan fingerprint density at radius 2 is 1.67 bits per heavy atom. The minimum Gasteiger partial charge on any atom is -0.481 e. The van der Waals surface area contributed by atoms with Gasteiger partial charge in [0.25, 0.3) is 0 Å². The van der Waals surface area contributed by atoms with Crippen molar-refractivity contribution in [1.29, 1.82) is 0 Å².